The van der Waals surface area contributed by atoms with Gasteiger partial charge in [0.25, 0.3) is 11.5 Å². The fourth-order valence-corrected chi connectivity index (χ4v) is 1.63. The molecule has 0 radical (unpaired) electrons. The van der Waals surface area contributed by atoms with E-state index in [9.17, 15) is 9.59 Å². The number of hydrogen-bond acceptors (Lipinski definition) is 3. The van der Waals surface area contributed by atoms with Crippen molar-refractivity contribution in [2.75, 3.05) is 14.1 Å². The Hall–Kier alpha value is -2.43. The number of aromatic nitrogens is 2. The Bertz CT molecular complexity index is 632. The lowest BCUT2D eigenvalue weighted by Crippen LogP contribution is -2.21. The van der Waals surface area contributed by atoms with Gasteiger partial charge < -0.3 is 9.88 Å². The predicted octanol–water partition coefficient (Wildman–Crippen LogP) is 1.14. The fourth-order valence-electron chi connectivity index (χ4n) is 1.63. The molecule has 2 rings (SSSR count). The van der Waals surface area contributed by atoms with Crippen LogP contribution in [0.3, 0.4) is 0 Å². The van der Waals surface area contributed by atoms with E-state index in [1.807, 2.05) is 0 Å². The number of H-pyrrole nitrogens is 1. The Kier molecular flexibility index (Phi) is 3.23. The first-order chi connectivity index (χ1) is 8.59. The Morgan fingerprint density at radius 2 is 2.11 bits per heavy atom. The van der Waals surface area contributed by atoms with Crippen molar-refractivity contribution in [1.29, 1.82) is 0 Å². The zero-order valence-corrected chi connectivity index (χ0v) is 10.2. The topological polar surface area (TPSA) is 66.1 Å². The lowest BCUT2D eigenvalue weighted by Gasteiger charge is -2.10. The van der Waals surface area contributed by atoms with Crippen LogP contribution in [0.1, 0.15) is 10.4 Å². The van der Waals surface area contributed by atoms with E-state index in [0.29, 0.717) is 16.7 Å². The molecule has 0 saturated carbocycles. The standard InChI is InChI=1S/C13H13N3O2/c1-16(2)13(18)10-5-3-4-9(6-10)11-7-14-8-15-12(11)17/h3-8H,1-2H3,(H,14,15,17). The zero-order valence-electron chi connectivity index (χ0n) is 10.2. The molecule has 0 unspecified atom stereocenters. The average Bonchev–Trinajstić information content (AvgIpc) is 2.38. The van der Waals surface area contributed by atoms with E-state index < -0.39 is 0 Å². The van der Waals surface area contributed by atoms with Gasteiger partial charge in [0.05, 0.1) is 11.9 Å². The van der Waals surface area contributed by atoms with Gasteiger partial charge in [-0.05, 0) is 17.7 Å². The van der Waals surface area contributed by atoms with Crippen molar-refractivity contribution in [3.63, 3.8) is 0 Å². The summed E-state index contributed by atoms with van der Waals surface area (Å²) in [5.41, 5.74) is 1.45. The van der Waals surface area contributed by atoms with E-state index >= 15 is 0 Å². The molecule has 92 valence electrons. The van der Waals surface area contributed by atoms with Crippen LogP contribution in [0.5, 0.6) is 0 Å². The maximum absolute atomic E-state index is 11.8. The zero-order chi connectivity index (χ0) is 13.1. The summed E-state index contributed by atoms with van der Waals surface area (Å²) in [7, 11) is 3.37. The second-order valence-electron chi connectivity index (χ2n) is 4.07. The molecule has 0 fully saturated rings. The monoisotopic (exact) mass is 243 g/mol. The van der Waals surface area contributed by atoms with Crippen LogP contribution in [0.4, 0.5) is 0 Å². The van der Waals surface area contributed by atoms with Crippen LogP contribution in [0.2, 0.25) is 0 Å². The highest BCUT2D eigenvalue weighted by Gasteiger charge is 2.10. The first kappa shape index (κ1) is 12.0. The number of carbonyl (C=O) groups excluding carboxylic acids is 1. The Balaban J connectivity index is 2.49. The van der Waals surface area contributed by atoms with Crippen molar-refractivity contribution >= 4 is 5.91 Å². The molecule has 1 aromatic carbocycles. The minimum Gasteiger partial charge on any atom is -0.345 e. The van der Waals surface area contributed by atoms with E-state index in [4.69, 9.17) is 0 Å². The van der Waals surface area contributed by atoms with Crippen LogP contribution < -0.4 is 5.56 Å². The second kappa shape index (κ2) is 4.83. The summed E-state index contributed by atoms with van der Waals surface area (Å²) in [5, 5.41) is 0. The molecular weight excluding hydrogens is 230 g/mol. The fraction of sp³-hybridized carbons (Fsp3) is 0.154. The van der Waals surface area contributed by atoms with E-state index in [0.717, 1.165) is 0 Å². The van der Waals surface area contributed by atoms with Gasteiger partial charge in [0.1, 0.15) is 0 Å². The van der Waals surface area contributed by atoms with E-state index in [2.05, 4.69) is 9.97 Å². The summed E-state index contributed by atoms with van der Waals surface area (Å²) in [5.74, 6) is -0.0998. The van der Waals surface area contributed by atoms with Gasteiger partial charge in [0.15, 0.2) is 0 Å². The molecule has 1 heterocycles. The molecule has 1 aromatic heterocycles. The van der Waals surface area contributed by atoms with Gasteiger partial charge in [-0.15, -0.1) is 0 Å². The first-order valence-electron chi connectivity index (χ1n) is 5.44. The normalized spacial score (nSPS) is 10.1. The Morgan fingerprint density at radius 3 is 2.78 bits per heavy atom. The van der Waals surface area contributed by atoms with Gasteiger partial charge in [0.2, 0.25) is 0 Å². The van der Waals surface area contributed by atoms with Crippen molar-refractivity contribution in [2.45, 2.75) is 0 Å². The Labute approximate surface area is 104 Å². The number of benzene rings is 1. The molecule has 0 saturated heterocycles. The maximum atomic E-state index is 11.8. The second-order valence-corrected chi connectivity index (χ2v) is 4.07. The average molecular weight is 243 g/mol. The third-order valence-electron chi connectivity index (χ3n) is 2.55. The number of rotatable bonds is 2. The van der Waals surface area contributed by atoms with Crippen LogP contribution in [0.15, 0.2) is 41.6 Å². The van der Waals surface area contributed by atoms with Crippen LogP contribution in [0, 0.1) is 0 Å². The first-order valence-corrected chi connectivity index (χ1v) is 5.44. The van der Waals surface area contributed by atoms with Gasteiger partial charge in [-0.3, -0.25) is 9.59 Å². The van der Waals surface area contributed by atoms with Crippen molar-refractivity contribution in [1.82, 2.24) is 14.9 Å². The minimum atomic E-state index is -0.223. The van der Waals surface area contributed by atoms with E-state index in [-0.39, 0.29) is 11.5 Å². The predicted molar refractivity (Wildman–Crippen MR) is 68.3 cm³/mol. The molecular formula is C13H13N3O2. The summed E-state index contributed by atoms with van der Waals surface area (Å²) in [6, 6.07) is 6.93. The number of carbonyl (C=O) groups is 1. The summed E-state index contributed by atoms with van der Waals surface area (Å²) in [6.07, 6.45) is 2.82. The third-order valence-corrected chi connectivity index (χ3v) is 2.55. The highest BCUT2D eigenvalue weighted by molar-refractivity contribution is 5.95. The molecule has 2 aromatic rings. The van der Waals surface area contributed by atoms with Crippen molar-refractivity contribution in [3.05, 3.63) is 52.7 Å². The van der Waals surface area contributed by atoms with Crippen LogP contribution in [0.25, 0.3) is 11.1 Å². The Morgan fingerprint density at radius 1 is 1.33 bits per heavy atom. The molecule has 0 aliphatic carbocycles. The van der Waals surface area contributed by atoms with Gasteiger partial charge >= 0.3 is 0 Å². The smallest absolute Gasteiger partial charge is 0.258 e. The minimum absolute atomic E-state index is 0.0998. The molecule has 1 N–H and O–H groups in total. The van der Waals surface area contributed by atoms with E-state index in [1.165, 1.54) is 17.4 Å². The molecule has 1 amide bonds. The molecule has 5 nitrogen and oxygen atoms in total. The lowest BCUT2D eigenvalue weighted by atomic mass is 10.1. The number of amides is 1. The molecule has 0 spiro atoms. The maximum Gasteiger partial charge on any atom is 0.258 e. The number of nitrogens with zero attached hydrogens (tertiary/aromatic N) is 2. The van der Waals surface area contributed by atoms with Crippen LogP contribution in [-0.4, -0.2) is 34.9 Å². The van der Waals surface area contributed by atoms with Crippen LogP contribution in [-0.2, 0) is 0 Å². The SMILES string of the molecule is CN(C)C(=O)c1cccc(-c2cnc[nH]c2=O)c1. The molecule has 18 heavy (non-hydrogen) atoms. The van der Waals surface area contributed by atoms with Gasteiger partial charge in [-0.1, -0.05) is 12.1 Å². The van der Waals surface area contributed by atoms with Crippen molar-refractivity contribution in [2.24, 2.45) is 0 Å². The van der Waals surface area contributed by atoms with E-state index in [1.54, 1.807) is 38.4 Å². The molecule has 0 aliphatic rings. The quantitative estimate of drug-likeness (QED) is 0.860. The number of aromatic amines is 1. The van der Waals surface area contributed by atoms with Crippen molar-refractivity contribution < 1.29 is 4.79 Å². The highest BCUT2D eigenvalue weighted by atomic mass is 16.2. The van der Waals surface area contributed by atoms with Gasteiger partial charge in [-0.2, -0.15) is 0 Å². The highest BCUT2D eigenvalue weighted by Crippen LogP contribution is 2.16. The molecule has 0 bridgehead atoms. The summed E-state index contributed by atoms with van der Waals surface area (Å²) < 4.78 is 0. The van der Waals surface area contributed by atoms with Gasteiger partial charge in [0, 0.05) is 25.9 Å². The molecule has 0 atom stereocenters. The summed E-state index contributed by atoms with van der Waals surface area (Å²) >= 11 is 0. The summed E-state index contributed by atoms with van der Waals surface area (Å²) in [6.45, 7) is 0. The lowest BCUT2D eigenvalue weighted by molar-refractivity contribution is 0.0827. The largest absolute Gasteiger partial charge is 0.345 e. The number of nitrogens with one attached hydrogen (secondary N) is 1. The summed E-state index contributed by atoms with van der Waals surface area (Å²) in [4.78, 5) is 31.4. The molecule has 0 aliphatic heterocycles. The van der Waals surface area contributed by atoms with Crippen LogP contribution >= 0.6 is 0 Å². The molecule has 5 heteroatoms. The number of hydrogen-bond donors (Lipinski definition) is 1. The van der Waals surface area contributed by atoms with Gasteiger partial charge in [-0.25, -0.2) is 4.98 Å². The third kappa shape index (κ3) is 2.29. The van der Waals surface area contributed by atoms with Crippen molar-refractivity contribution in [3.8, 4) is 11.1 Å².